The van der Waals surface area contributed by atoms with Gasteiger partial charge in [-0.05, 0) is 24.6 Å². The predicted molar refractivity (Wildman–Crippen MR) is 93.0 cm³/mol. The van der Waals surface area contributed by atoms with Crippen LogP contribution in [0.1, 0.15) is 11.1 Å². The monoisotopic (exact) mass is 346 g/mol. The minimum atomic E-state index is -3.57. The molecule has 2 aromatic rings. The fraction of sp³-hybridized carbons (Fsp3) is 0.333. The lowest BCUT2D eigenvalue weighted by Crippen LogP contribution is -2.38. The third kappa shape index (κ3) is 3.67. The Morgan fingerprint density at radius 1 is 1.08 bits per heavy atom. The molecule has 2 N–H and O–H groups in total. The number of rotatable bonds is 5. The van der Waals surface area contributed by atoms with Gasteiger partial charge in [0.15, 0.2) is 0 Å². The van der Waals surface area contributed by atoms with Crippen LogP contribution in [0.2, 0.25) is 0 Å². The van der Waals surface area contributed by atoms with Gasteiger partial charge in [-0.2, -0.15) is 4.31 Å². The quantitative estimate of drug-likeness (QED) is 0.861. The minimum absolute atomic E-state index is 0.114. The van der Waals surface area contributed by atoms with Crippen LogP contribution in [0.5, 0.6) is 0 Å². The summed E-state index contributed by atoms with van der Waals surface area (Å²) in [7, 11) is -3.57. The Hall–Kier alpha value is -1.73. The first-order chi connectivity index (χ1) is 11.5. The highest BCUT2D eigenvalue weighted by molar-refractivity contribution is 7.89. The largest absolute Gasteiger partial charge is 0.390 e. The summed E-state index contributed by atoms with van der Waals surface area (Å²) in [6.07, 6.45) is -0.714. The molecule has 0 aromatic heterocycles. The van der Waals surface area contributed by atoms with Crippen molar-refractivity contribution in [3.05, 3.63) is 65.7 Å². The van der Waals surface area contributed by atoms with Crippen LogP contribution in [-0.4, -0.2) is 43.1 Å². The van der Waals surface area contributed by atoms with Crippen LogP contribution in [0.4, 0.5) is 0 Å². The molecule has 6 heteroatoms. The molecular weight excluding hydrogens is 324 g/mol. The van der Waals surface area contributed by atoms with Gasteiger partial charge >= 0.3 is 0 Å². The standard InChI is InChI=1S/C18H22N2O3S/c1-14-7-9-16(10-8-14)24(22,23)20-12-17(18(21)13-20)19-11-15-5-3-2-4-6-15/h2-10,17-19,21H,11-13H2,1H3/t17-,18-/m0/s1. The lowest BCUT2D eigenvalue weighted by molar-refractivity contribution is 0.159. The van der Waals surface area contributed by atoms with E-state index in [0.717, 1.165) is 11.1 Å². The van der Waals surface area contributed by atoms with E-state index in [4.69, 9.17) is 0 Å². The van der Waals surface area contributed by atoms with E-state index in [1.807, 2.05) is 37.3 Å². The fourth-order valence-corrected chi connectivity index (χ4v) is 4.34. The number of β-amino-alcohol motifs (C(OH)–C–C–N with tert-alkyl or cyclic N) is 1. The van der Waals surface area contributed by atoms with E-state index < -0.39 is 16.1 Å². The molecule has 24 heavy (non-hydrogen) atoms. The maximum absolute atomic E-state index is 12.7. The fourth-order valence-electron chi connectivity index (χ4n) is 2.85. The molecule has 2 aromatic carbocycles. The molecule has 1 aliphatic heterocycles. The second kappa shape index (κ2) is 7.03. The van der Waals surface area contributed by atoms with Gasteiger partial charge in [0.25, 0.3) is 0 Å². The Kier molecular flexibility index (Phi) is 5.01. The van der Waals surface area contributed by atoms with Gasteiger partial charge in [0.05, 0.1) is 11.0 Å². The SMILES string of the molecule is Cc1ccc(S(=O)(=O)N2C[C@H](NCc3ccccc3)[C@@H](O)C2)cc1. The van der Waals surface area contributed by atoms with Crippen LogP contribution < -0.4 is 5.32 Å². The summed E-state index contributed by atoms with van der Waals surface area (Å²) >= 11 is 0. The molecular formula is C18H22N2O3S. The Morgan fingerprint density at radius 3 is 2.42 bits per heavy atom. The van der Waals surface area contributed by atoms with Gasteiger partial charge in [-0.25, -0.2) is 8.42 Å². The first-order valence-electron chi connectivity index (χ1n) is 7.99. The second-order valence-corrected chi connectivity index (χ2v) is 8.11. The Labute approximate surface area is 143 Å². The highest BCUT2D eigenvalue weighted by Gasteiger charge is 2.38. The van der Waals surface area contributed by atoms with Crippen molar-refractivity contribution in [1.82, 2.24) is 9.62 Å². The van der Waals surface area contributed by atoms with Crippen molar-refractivity contribution in [3.63, 3.8) is 0 Å². The van der Waals surface area contributed by atoms with Crippen LogP contribution in [0.25, 0.3) is 0 Å². The molecule has 1 heterocycles. The Bertz CT molecular complexity index is 776. The Morgan fingerprint density at radius 2 is 1.75 bits per heavy atom. The van der Waals surface area contributed by atoms with Crippen molar-refractivity contribution in [2.75, 3.05) is 13.1 Å². The first kappa shape index (κ1) is 17.1. The predicted octanol–water partition coefficient (Wildman–Crippen LogP) is 1.52. The lowest BCUT2D eigenvalue weighted by Gasteiger charge is -2.17. The maximum atomic E-state index is 12.7. The summed E-state index contributed by atoms with van der Waals surface area (Å²) in [4.78, 5) is 0.268. The smallest absolute Gasteiger partial charge is 0.243 e. The average Bonchev–Trinajstić information content (AvgIpc) is 2.96. The van der Waals surface area contributed by atoms with Crippen molar-refractivity contribution in [2.45, 2.75) is 30.5 Å². The minimum Gasteiger partial charge on any atom is -0.390 e. The third-order valence-electron chi connectivity index (χ3n) is 4.33. The number of hydrogen-bond acceptors (Lipinski definition) is 4. The van der Waals surface area contributed by atoms with Crippen molar-refractivity contribution in [1.29, 1.82) is 0 Å². The number of aliphatic hydroxyl groups excluding tert-OH is 1. The van der Waals surface area contributed by atoms with E-state index in [9.17, 15) is 13.5 Å². The normalized spacial score (nSPS) is 21.9. The third-order valence-corrected chi connectivity index (χ3v) is 6.17. The van der Waals surface area contributed by atoms with E-state index in [1.54, 1.807) is 24.3 Å². The summed E-state index contributed by atoms with van der Waals surface area (Å²) in [5.41, 5.74) is 2.11. The van der Waals surface area contributed by atoms with E-state index in [1.165, 1.54) is 4.31 Å². The second-order valence-electron chi connectivity index (χ2n) is 6.18. The molecule has 1 fully saturated rings. The van der Waals surface area contributed by atoms with Crippen LogP contribution in [0, 0.1) is 6.92 Å². The molecule has 0 aliphatic carbocycles. The lowest BCUT2D eigenvalue weighted by atomic mass is 10.2. The summed E-state index contributed by atoms with van der Waals surface area (Å²) in [6, 6.07) is 16.4. The number of nitrogens with zero attached hydrogens (tertiary/aromatic N) is 1. The zero-order chi connectivity index (χ0) is 17.2. The topological polar surface area (TPSA) is 69.6 Å². The number of nitrogens with one attached hydrogen (secondary N) is 1. The van der Waals surface area contributed by atoms with Crippen molar-refractivity contribution in [3.8, 4) is 0 Å². The van der Waals surface area contributed by atoms with Gasteiger partial charge in [0.2, 0.25) is 10.0 Å². The average molecular weight is 346 g/mol. The van der Waals surface area contributed by atoms with Crippen LogP contribution >= 0.6 is 0 Å². The molecule has 0 spiro atoms. The summed E-state index contributed by atoms with van der Waals surface area (Å²) in [5.74, 6) is 0. The molecule has 0 radical (unpaired) electrons. The van der Waals surface area contributed by atoms with E-state index >= 15 is 0 Å². The van der Waals surface area contributed by atoms with Gasteiger partial charge < -0.3 is 10.4 Å². The summed E-state index contributed by atoms with van der Waals surface area (Å²) in [6.45, 7) is 2.90. The zero-order valence-electron chi connectivity index (χ0n) is 13.6. The Balaban J connectivity index is 1.67. The zero-order valence-corrected chi connectivity index (χ0v) is 14.4. The number of aryl methyl sites for hydroxylation is 1. The molecule has 1 saturated heterocycles. The van der Waals surface area contributed by atoms with Gasteiger partial charge in [0, 0.05) is 25.7 Å². The molecule has 2 atom stereocenters. The van der Waals surface area contributed by atoms with E-state index in [0.29, 0.717) is 6.54 Å². The van der Waals surface area contributed by atoms with Crippen molar-refractivity contribution >= 4 is 10.0 Å². The molecule has 0 unspecified atom stereocenters. The number of sulfonamides is 1. The highest BCUT2D eigenvalue weighted by atomic mass is 32.2. The number of aliphatic hydroxyl groups is 1. The molecule has 3 rings (SSSR count). The van der Waals surface area contributed by atoms with Crippen LogP contribution in [-0.2, 0) is 16.6 Å². The molecule has 128 valence electrons. The molecule has 5 nitrogen and oxygen atoms in total. The van der Waals surface area contributed by atoms with E-state index in [-0.39, 0.29) is 24.0 Å². The molecule has 1 aliphatic rings. The molecule has 0 bridgehead atoms. The van der Waals surface area contributed by atoms with Gasteiger partial charge in [-0.1, -0.05) is 48.0 Å². The van der Waals surface area contributed by atoms with Gasteiger partial charge in [-0.3, -0.25) is 0 Å². The first-order valence-corrected chi connectivity index (χ1v) is 9.43. The number of hydrogen-bond donors (Lipinski definition) is 2. The van der Waals surface area contributed by atoms with Crippen LogP contribution in [0.3, 0.4) is 0 Å². The highest BCUT2D eigenvalue weighted by Crippen LogP contribution is 2.22. The summed E-state index contributed by atoms with van der Waals surface area (Å²) < 4.78 is 26.7. The molecule has 0 amide bonds. The van der Waals surface area contributed by atoms with Gasteiger partial charge in [-0.15, -0.1) is 0 Å². The molecule has 0 saturated carbocycles. The maximum Gasteiger partial charge on any atom is 0.243 e. The summed E-state index contributed by atoms with van der Waals surface area (Å²) in [5, 5.41) is 13.5. The van der Waals surface area contributed by atoms with Crippen LogP contribution in [0.15, 0.2) is 59.5 Å². The number of benzene rings is 2. The van der Waals surface area contributed by atoms with Crippen molar-refractivity contribution < 1.29 is 13.5 Å². The van der Waals surface area contributed by atoms with Crippen molar-refractivity contribution in [2.24, 2.45) is 0 Å². The van der Waals surface area contributed by atoms with E-state index in [2.05, 4.69) is 5.32 Å². The van der Waals surface area contributed by atoms with Gasteiger partial charge in [0.1, 0.15) is 0 Å².